The molecule has 0 unspecified atom stereocenters. The van der Waals surface area contributed by atoms with Crippen LogP contribution in [-0.2, 0) is 16.1 Å². The minimum absolute atomic E-state index is 0.0182. The van der Waals surface area contributed by atoms with Gasteiger partial charge in [-0.05, 0) is 44.7 Å². The normalized spacial score (nSPS) is 28.9. The quantitative estimate of drug-likeness (QED) is 0.888. The van der Waals surface area contributed by atoms with Gasteiger partial charge in [-0.2, -0.15) is 0 Å². The number of hydrogen-bond acceptors (Lipinski definition) is 5. The number of likely N-dealkylation sites (tertiary alicyclic amines) is 1. The van der Waals surface area contributed by atoms with Gasteiger partial charge in [-0.1, -0.05) is 6.07 Å². The van der Waals surface area contributed by atoms with Gasteiger partial charge in [0.1, 0.15) is 5.60 Å². The molecule has 0 bridgehead atoms. The molecule has 144 valence electrons. The Labute approximate surface area is 156 Å². The Morgan fingerprint density at radius 2 is 2.15 bits per heavy atom. The number of aromatic nitrogens is 1. The largest absolute Gasteiger partial charge is 0.386 e. The van der Waals surface area contributed by atoms with Gasteiger partial charge < -0.3 is 14.7 Å². The SMILES string of the molecule is CC(=O)N(C)[C@H]1CC2(CCN(Cc3ncccc3C)CC2)OC[C@]1(C)O. The summed E-state index contributed by atoms with van der Waals surface area (Å²) in [5, 5.41) is 10.7. The summed E-state index contributed by atoms with van der Waals surface area (Å²) in [4.78, 5) is 20.4. The number of aliphatic hydroxyl groups is 1. The lowest BCUT2D eigenvalue weighted by Gasteiger charge is -2.52. The number of likely N-dealkylation sites (N-methyl/N-ethyl adjacent to an activating group) is 1. The molecule has 2 aliphatic rings. The van der Waals surface area contributed by atoms with Gasteiger partial charge in [-0.3, -0.25) is 14.7 Å². The number of carbonyl (C=O) groups excluding carboxylic acids is 1. The Morgan fingerprint density at radius 1 is 1.46 bits per heavy atom. The van der Waals surface area contributed by atoms with E-state index in [1.165, 1.54) is 5.56 Å². The molecule has 0 aromatic carbocycles. The van der Waals surface area contributed by atoms with Crippen molar-refractivity contribution in [1.29, 1.82) is 0 Å². The highest BCUT2D eigenvalue weighted by Gasteiger charge is 2.50. The number of rotatable bonds is 3. The van der Waals surface area contributed by atoms with Gasteiger partial charge in [-0.15, -0.1) is 0 Å². The third-order valence-corrected chi connectivity index (χ3v) is 6.18. The third kappa shape index (κ3) is 3.92. The van der Waals surface area contributed by atoms with Gasteiger partial charge in [0.2, 0.25) is 5.91 Å². The molecule has 2 fully saturated rings. The molecule has 1 amide bonds. The molecule has 6 heteroatoms. The lowest BCUT2D eigenvalue weighted by Crippen LogP contribution is -2.63. The summed E-state index contributed by atoms with van der Waals surface area (Å²) < 4.78 is 6.17. The van der Waals surface area contributed by atoms with Crippen LogP contribution < -0.4 is 0 Å². The number of nitrogens with zero attached hydrogens (tertiary/aromatic N) is 3. The molecule has 2 atom stereocenters. The van der Waals surface area contributed by atoms with Crippen LogP contribution in [0.3, 0.4) is 0 Å². The van der Waals surface area contributed by atoms with Crippen molar-refractivity contribution in [3.8, 4) is 0 Å². The van der Waals surface area contributed by atoms with Gasteiger partial charge in [0.25, 0.3) is 0 Å². The van der Waals surface area contributed by atoms with Crippen molar-refractivity contribution in [2.75, 3.05) is 26.7 Å². The first-order valence-corrected chi connectivity index (χ1v) is 9.45. The van der Waals surface area contributed by atoms with Crippen molar-refractivity contribution < 1.29 is 14.6 Å². The van der Waals surface area contributed by atoms with E-state index in [4.69, 9.17) is 4.74 Å². The lowest BCUT2D eigenvalue weighted by atomic mass is 9.77. The first-order valence-electron chi connectivity index (χ1n) is 9.45. The van der Waals surface area contributed by atoms with Crippen molar-refractivity contribution in [3.05, 3.63) is 29.6 Å². The van der Waals surface area contributed by atoms with Gasteiger partial charge >= 0.3 is 0 Å². The molecular formula is C20H31N3O3. The average Bonchev–Trinajstić information content (AvgIpc) is 2.60. The third-order valence-electron chi connectivity index (χ3n) is 6.18. The second-order valence-corrected chi connectivity index (χ2v) is 8.22. The molecule has 3 rings (SSSR count). The Kier molecular flexibility index (Phi) is 5.37. The summed E-state index contributed by atoms with van der Waals surface area (Å²) >= 11 is 0. The number of aryl methyl sites for hydroxylation is 1. The van der Waals surface area contributed by atoms with Crippen LogP contribution in [0.2, 0.25) is 0 Å². The molecule has 1 aromatic rings. The summed E-state index contributed by atoms with van der Waals surface area (Å²) in [6.45, 7) is 8.43. The Hall–Kier alpha value is -1.50. The van der Waals surface area contributed by atoms with Crippen LogP contribution in [0.1, 0.15) is 44.4 Å². The fraction of sp³-hybridized carbons (Fsp3) is 0.700. The number of hydrogen-bond donors (Lipinski definition) is 1. The smallest absolute Gasteiger partial charge is 0.219 e. The lowest BCUT2D eigenvalue weighted by molar-refractivity contribution is -0.209. The first kappa shape index (κ1) is 19.3. The van der Waals surface area contributed by atoms with E-state index >= 15 is 0 Å². The number of carbonyl (C=O) groups is 1. The highest BCUT2D eigenvalue weighted by molar-refractivity contribution is 5.73. The van der Waals surface area contributed by atoms with Crippen molar-refractivity contribution in [3.63, 3.8) is 0 Å². The zero-order valence-corrected chi connectivity index (χ0v) is 16.4. The molecule has 3 heterocycles. The molecule has 0 aliphatic carbocycles. The van der Waals surface area contributed by atoms with Crippen molar-refractivity contribution in [1.82, 2.24) is 14.8 Å². The maximum Gasteiger partial charge on any atom is 0.219 e. The van der Waals surface area contributed by atoms with E-state index < -0.39 is 5.60 Å². The standard InChI is InChI=1S/C20H31N3O3/c1-15-6-5-9-21-17(15)13-23-10-7-20(8-11-23)12-18(22(4)16(2)24)19(3,25)14-26-20/h5-6,9,18,25H,7-8,10-14H2,1-4H3/t18-,19-/m0/s1. The number of piperidine rings is 1. The van der Waals surface area contributed by atoms with E-state index in [9.17, 15) is 9.90 Å². The Balaban J connectivity index is 1.64. The molecule has 0 saturated carbocycles. The van der Waals surface area contributed by atoms with E-state index in [2.05, 4.69) is 22.9 Å². The molecule has 1 spiro atoms. The van der Waals surface area contributed by atoms with Crippen LogP contribution in [0.4, 0.5) is 0 Å². The van der Waals surface area contributed by atoms with Crippen LogP contribution in [0.15, 0.2) is 18.3 Å². The van der Waals surface area contributed by atoms with Crippen molar-refractivity contribution in [2.45, 2.75) is 63.8 Å². The van der Waals surface area contributed by atoms with Gasteiger partial charge in [0.05, 0.1) is 23.9 Å². The highest BCUT2D eigenvalue weighted by atomic mass is 16.5. The zero-order valence-electron chi connectivity index (χ0n) is 16.4. The summed E-state index contributed by atoms with van der Waals surface area (Å²) in [6, 6.07) is 3.86. The topological polar surface area (TPSA) is 65.9 Å². The van der Waals surface area contributed by atoms with Gasteiger partial charge in [0.15, 0.2) is 0 Å². The van der Waals surface area contributed by atoms with Crippen molar-refractivity contribution >= 4 is 5.91 Å². The van der Waals surface area contributed by atoms with E-state index in [0.29, 0.717) is 6.42 Å². The molecule has 1 aromatic heterocycles. The van der Waals surface area contributed by atoms with E-state index in [1.807, 2.05) is 12.3 Å². The van der Waals surface area contributed by atoms with E-state index in [0.717, 1.165) is 38.2 Å². The van der Waals surface area contributed by atoms with Crippen LogP contribution in [-0.4, -0.2) is 69.8 Å². The fourth-order valence-corrected chi connectivity index (χ4v) is 4.16. The maximum atomic E-state index is 11.8. The highest BCUT2D eigenvalue weighted by Crippen LogP contribution is 2.40. The predicted octanol–water partition coefficient (Wildman–Crippen LogP) is 1.74. The molecular weight excluding hydrogens is 330 g/mol. The molecule has 2 aliphatic heterocycles. The average molecular weight is 361 g/mol. The first-order chi connectivity index (χ1) is 12.2. The zero-order chi connectivity index (χ0) is 18.9. The molecule has 2 saturated heterocycles. The second-order valence-electron chi connectivity index (χ2n) is 8.22. The molecule has 6 nitrogen and oxygen atoms in total. The van der Waals surface area contributed by atoms with Crippen LogP contribution in [0.25, 0.3) is 0 Å². The number of ether oxygens (including phenoxy) is 1. The molecule has 1 N–H and O–H groups in total. The number of amides is 1. The summed E-state index contributed by atoms with van der Waals surface area (Å²) in [6.07, 6.45) is 4.36. The van der Waals surface area contributed by atoms with E-state index in [1.54, 1.807) is 25.8 Å². The summed E-state index contributed by atoms with van der Waals surface area (Å²) in [5.74, 6) is -0.0182. The van der Waals surface area contributed by atoms with Crippen molar-refractivity contribution in [2.24, 2.45) is 0 Å². The monoisotopic (exact) mass is 361 g/mol. The number of pyridine rings is 1. The Morgan fingerprint density at radius 3 is 2.77 bits per heavy atom. The predicted molar refractivity (Wildman–Crippen MR) is 99.6 cm³/mol. The summed E-state index contributed by atoms with van der Waals surface area (Å²) in [5.41, 5.74) is 1.10. The fourth-order valence-electron chi connectivity index (χ4n) is 4.16. The van der Waals surface area contributed by atoms with Crippen LogP contribution >= 0.6 is 0 Å². The minimum Gasteiger partial charge on any atom is -0.386 e. The van der Waals surface area contributed by atoms with E-state index in [-0.39, 0.29) is 24.2 Å². The second kappa shape index (κ2) is 7.25. The van der Waals surface area contributed by atoms with Crippen LogP contribution in [0.5, 0.6) is 0 Å². The minimum atomic E-state index is -1.01. The molecule has 0 radical (unpaired) electrons. The molecule has 26 heavy (non-hydrogen) atoms. The summed E-state index contributed by atoms with van der Waals surface area (Å²) in [7, 11) is 1.78. The maximum absolute atomic E-state index is 11.8. The van der Waals surface area contributed by atoms with Gasteiger partial charge in [-0.25, -0.2) is 0 Å². The Bertz CT molecular complexity index is 653. The van der Waals surface area contributed by atoms with Crippen LogP contribution in [0, 0.1) is 6.92 Å². The van der Waals surface area contributed by atoms with Gasteiger partial charge in [0, 0.05) is 39.8 Å².